The van der Waals surface area contributed by atoms with Crippen molar-refractivity contribution >= 4 is 17.6 Å². The number of nitrogens with zero attached hydrogens (tertiary/aromatic N) is 2. The number of oxazole rings is 1. The predicted octanol–water partition coefficient (Wildman–Crippen LogP) is 2.38. The van der Waals surface area contributed by atoms with E-state index < -0.39 is 17.6 Å². The molecule has 27 heavy (non-hydrogen) atoms. The lowest BCUT2D eigenvalue weighted by molar-refractivity contribution is -0.123. The summed E-state index contributed by atoms with van der Waals surface area (Å²) in [6.45, 7) is 3.14. The lowest BCUT2D eigenvalue weighted by atomic mass is 10.2. The first kappa shape index (κ1) is 18.3. The molecule has 8 nitrogen and oxygen atoms in total. The minimum Gasteiger partial charge on any atom is -0.441 e. The first-order valence-corrected chi connectivity index (χ1v) is 8.13. The molecule has 0 bridgehead atoms. The fourth-order valence-electron chi connectivity index (χ4n) is 2.34. The summed E-state index contributed by atoms with van der Waals surface area (Å²) in [7, 11) is 0. The van der Waals surface area contributed by atoms with Gasteiger partial charge in [0, 0.05) is 11.6 Å². The molecule has 0 fully saturated rings. The number of aromatic nitrogens is 2. The molecule has 9 heteroatoms. The molecule has 2 amide bonds. The average Bonchev–Trinajstić information content (AvgIpc) is 3.19. The minimum atomic E-state index is -0.436. The molecule has 2 N–H and O–H groups in total. The van der Waals surface area contributed by atoms with Crippen LogP contribution >= 0.6 is 0 Å². The Morgan fingerprint density at radius 2 is 2.00 bits per heavy atom. The maximum Gasteiger partial charge on any atom is 0.245 e. The van der Waals surface area contributed by atoms with Crippen LogP contribution in [0.3, 0.4) is 0 Å². The highest BCUT2D eigenvalue weighted by Crippen LogP contribution is 2.22. The second-order valence-electron chi connectivity index (χ2n) is 5.86. The molecule has 0 unspecified atom stereocenters. The number of aryl methyl sites for hydroxylation is 2. The molecule has 0 saturated heterocycles. The number of carbonyl (C=O) groups is 2. The van der Waals surface area contributed by atoms with Crippen LogP contribution in [-0.4, -0.2) is 28.5 Å². The van der Waals surface area contributed by atoms with Gasteiger partial charge in [-0.3, -0.25) is 9.59 Å². The zero-order valence-corrected chi connectivity index (χ0v) is 14.7. The minimum absolute atomic E-state index is 0.0685. The SMILES string of the molecule is Cc1cc(NC(=O)CNC(=O)Cc2nc(-c3cccc(F)c3)oc2C)no1. The Kier molecular flexibility index (Phi) is 5.30. The van der Waals surface area contributed by atoms with Crippen molar-refractivity contribution < 1.29 is 22.9 Å². The predicted molar refractivity (Wildman–Crippen MR) is 93.2 cm³/mol. The van der Waals surface area contributed by atoms with Crippen molar-refractivity contribution in [1.29, 1.82) is 0 Å². The molecule has 2 aromatic heterocycles. The summed E-state index contributed by atoms with van der Waals surface area (Å²) in [5, 5.41) is 8.62. The molecule has 0 aliphatic heterocycles. The second-order valence-corrected chi connectivity index (χ2v) is 5.86. The van der Waals surface area contributed by atoms with Crippen LogP contribution in [-0.2, 0) is 16.0 Å². The summed E-state index contributed by atoms with van der Waals surface area (Å²) in [4.78, 5) is 28.1. The molecule has 140 valence electrons. The highest BCUT2D eigenvalue weighted by Gasteiger charge is 2.16. The molecule has 2 heterocycles. The number of carbonyl (C=O) groups excluding carboxylic acids is 2. The molecular weight excluding hydrogens is 355 g/mol. The number of rotatable bonds is 6. The lowest BCUT2D eigenvalue weighted by Crippen LogP contribution is -2.34. The van der Waals surface area contributed by atoms with E-state index in [0.29, 0.717) is 22.8 Å². The largest absolute Gasteiger partial charge is 0.441 e. The zero-order valence-electron chi connectivity index (χ0n) is 14.7. The van der Waals surface area contributed by atoms with Crippen molar-refractivity contribution in [3.63, 3.8) is 0 Å². The van der Waals surface area contributed by atoms with E-state index >= 15 is 0 Å². The van der Waals surface area contributed by atoms with Crippen molar-refractivity contribution in [3.05, 3.63) is 53.4 Å². The number of hydrogen-bond acceptors (Lipinski definition) is 6. The maximum atomic E-state index is 13.3. The quantitative estimate of drug-likeness (QED) is 0.687. The Hall–Kier alpha value is -3.49. The molecule has 0 saturated carbocycles. The van der Waals surface area contributed by atoms with Crippen LogP contribution in [0.15, 0.2) is 39.3 Å². The standard InChI is InChI=1S/C18H17FN4O4/c1-10-6-15(23-27-10)22-17(25)9-20-16(24)8-14-11(2)26-18(21-14)12-4-3-5-13(19)7-12/h3-7H,8-9H2,1-2H3,(H,20,24)(H,22,23,25). The van der Waals surface area contributed by atoms with Gasteiger partial charge in [0.2, 0.25) is 17.7 Å². The van der Waals surface area contributed by atoms with E-state index in [1.165, 1.54) is 12.1 Å². The number of benzene rings is 1. The van der Waals surface area contributed by atoms with E-state index in [1.54, 1.807) is 32.0 Å². The summed E-state index contributed by atoms with van der Waals surface area (Å²) in [6.07, 6.45) is -0.0685. The molecular formula is C18H17FN4O4. The summed E-state index contributed by atoms with van der Waals surface area (Å²) in [5.41, 5.74) is 0.895. The van der Waals surface area contributed by atoms with Crippen LogP contribution in [0.2, 0.25) is 0 Å². The van der Waals surface area contributed by atoms with Gasteiger partial charge in [-0.05, 0) is 32.0 Å². The van der Waals surface area contributed by atoms with E-state index in [-0.39, 0.29) is 24.7 Å². The van der Waals surface area contributed by atoms with Crippen LogP contribution in [0, 0.1) is 19.7 Å². The van der Waals surface area contributed by atoms with Gasteiger partial charge in [-0.15, -0.1) is 0 Å². The first-order chi connectivity index (χ1) is 12.9. The van der Waals surface area contributed by atoms with Crippen molar-refractivity contribution in [1.82, 2.24) is 15.5 Å². The van der Waals surface area contributed by atoms with Gasteiger partial charge in [0.25, 0.3) is 0 Å². The number of hydrogen-bond donors (Lipinski definition) is 2. The van der Waals surface area contributed by atoms with Gasteiger partial charge < -0.3 is 19.6 Å². The Morgan fingerprint density at radius 1 is 1.19 bits per heavy atom. The van der Waals surface area contributed by atoms with Crippen LogP contribution < -0.4 is 10.6 Å². The maximum absolute atomic E-state index is 13.3. The molecule has 3 aromatic rings. The smallest absolute Gasteiger partial charge is 0.245 e. The summed E-state index contributed by atoms with van der Waals surface area (Å²) >= 11 is 0. The fourth-order valence-corrected chi connectivity index (χ4v) is 2.34. The average molecular weight is 372 g/mol. The number of halogens is 1. The Bertz CT molecular complexity index is 979. The summed E-state index contributed by atoms with van der Waals surface area (Å²) in [5.74, 6) is 0.276. The molecule has 0 radical (unpaired) electrons. The topological polar surface area (TPSA) is 110 Å². The second kappa shape index (κ2) is 7.81. The zero-order chi connectivity index (χ0) is 19.4. The van der Waals surface area contributed by atoms with E-state index in [4.69, 9.17) is 8.94 Å². The Morgan fingerprint density at radius 3 is 2.70 bits per heavy atom. The number of amides is 2. The van der Waals surface area contributed by atoms with Crippen LogP contribution in [0.4, 0.5) is 10.2 Å². The molecule has 1 aromatic carbocycles. The highest BCUT2D eigenvalue weighted by atomic mass is 19.1. The molecule has 0 spiro atoms. The van der Waals surface area contributed by atoms with E-state index in [2.05, 4.69) is 20.8 Å². The van der Waals surface area contributed by atoms with Gasteiger partial charge in [0.15, 0.2) is 5.82 Å². The first-order valence-electron chi connectivity index (χ1n) is 8.13. The Balaban J connectivity index is 1.55. The van der Waals surface area contributed by atoms with E-state index in [1.807, 2.05) is 0 Å². The van der Waals surface area contributed by atoms with Gasteiger partial charge >= 0.3 is 0 Å². The van der Waals surface area contributed by atoms with Gasteiger partial charge in [0.05, 0.1) is 18.7 Å². The van der Waals surface area contributed by atoms with Gasteiger partial charge in [-0.25, -0.2) is 9.37 Å². The summed E-state index contributed by atoms with van der Waals surface area (Å²) < 4.78 is 23.7. The fraction of sp³-hybridized carbons (Fsp3) is 0.222. The third kappa shape index (κ3) is 4.78. The molecule has 0 aliphatic rings. The molecule has 3 rings (SSSR count). The third-order valence-electron chi connectivity index (χ3n) is 3.63. The Labute approximate surface area is 153 Å². The van der Waals surface area contributed by atoms with Gasteiger partial charge in [-0.2, -0.15) is 0 Å². The van der Waals surface area contributed by atoms with Crippen molar-refractivity contribution in [2.45, 2.75) is 20.3 Å². The van der Waals surface area contributed by atoms with Crippen LogP contribution in [0.1, 0.15) is 17.2 Å². The molecule has 0 atom stereocenters. The van der Waals surface area contributed by atoms with Crippen molar-refractivity contribution in [2.75, 3.05) is 11.9 Å². The van der Waals surface area contributed by atoms with E-state index in [9.17, 15) is 14.0 Å². The van der Waals surface area contributed by atoms with Crippen molar-refractivity contribution in [3.8, 4) is 11.5 Å². The van der Waals surface area contributed by atoms with Gasteiger partial charge in [-0.1, -0.05) is 11.2 Å². The summed E-state index contributed by atoms with van der Waals surface area (Å²) in [6, 6.07) is 7.39. The molecule has 0 aliphatic carbocycles. The van der Waals surface area contributed by atoms with Gasteiger partial charge in [0.1, 0.15) is 17.3 Å². The lowest BCUT2D eigenvalue weighted by Gasteiger charge is -2.04. The monoisotopic (exact) mass is 372 g/mol. The highest BCUT2D eigenvalue weighted by molar-refractivity contribution is 5.94. The normalized spacial score (nSPS) is 10.6. The number of anilines is 1. The van der Waals surface area contributed by atoms with Crippen molar-refractivity contribution in [2.24, 2.45) is 0 Å². The third-order valence-corrected chi connectivity index (χ3v) is 3.63. The van der Waals surface area contributed by atoms with Crippen LogP contribution in [0.25, 0.3) is 11.5 Å². The number of nitrogens with one attached hydrogen (secondary N) is 2. The van der Waals surface area contributed by atoms with Crippen LogP contribution in [0.5, 0.6) is 0 Å². The van der Waals surface area contributed by atoms with E-state index in [0.717, 1.165) is 0 Å².